The van der Waals surface area contributed by atoms with E-state index in [2.05, 4.69) is 10.3 Å². The lowest BCUT2D eigenvalue weighted by molar-refractivity contribution is -0.141. The summed E-state index contributed by atoms with van der Waals surface area (Å²) in [6.07, 6.45) is -3.87. The van der Waals surface area contributed by atoms with E-state index >= 15 is 0 Å². The molecule has 29 heavy (non-hydrogen) atoms. The minimum Gasteiger partial charge on any atom is -0.365 e. The molecule has 0 atom stereocenters. The predicted molar refractivity (Wildman–Crippen MR) is 103 cm³/mol. The molecular formula is C19H13F3N4O2S. The highest BCUT2D eigenvalue weighted by molar-refractivity contribution is 7.20. The van der Waals surface area contributed by atoms with Crippen molar-refractivity contribution in [1.29, 1.82) is 0 Å². The Balaban J connectivity index is 1.61. The normalized spacial score (nSPS) is 11.8. The third-order valence-electron chi connectivity index (χ3n) is 4.31. The quantitative estimate of drug-likeness (QED) is 0.528. The zero-order valence-electron chi connectivity index (χ0n) is 14.7. The van der Waals surface area contributed by atoms with Crippen LogP contribution in [-0.4, -0.2) is 21.2 Å². The number of rotatable bonds is 4. The van der Waals surface area contributed by atoms with Gasteiger partial charge in [-0.15, -0.1) is 11.3 Å². The number of amides is 2. The summed E-state index contributed by atoms with van der Waals surface area (Å²) in [6, 6.07) is 13.2. The van der Waals surface area contributed by atoms with Crippen molar-refractivity contribution >= 4 is 44.6 Å². The van der Waals surface area contributed by atoms with Crippen LogP contribution in [0.3, 0.4) is 0 Å². The Labute approximate surface area is 165 Å². The minimum atomic E-state index is -4.80. The smallest absolute Gasteiger partial charge is 0.365 e. The highest BCUT2D eigenvalue weighted by Gasteiger charge is 2.40. The Morgan fingerprint density at radius 1 is 1.14 bits per heavy atom. The summed E-state index contributed by atoms with van der Waals surface area (Å²) in [5.74, 6) is -1.69. The van der Waals surface area contributed by atoms with E-state index in [0.717, 1.165) is 27.1 Å². The molecule has 148 valence electrons. The van der Waals surface area contributed by atoms with Crippen LogP contribution >= 0.6 is 11.3 Å². The number of imidazole rings is 1. The number of hydrogen-bond acceptors (Lipinski definition) is 4. The van der Waals surface area contributed by atoms with Crippen molar-refractivity contribution < 1.29 is 22.8 Å². The van der Waals surface area contributed by atoms with Gasteiger partial charge in [0.05, 0.1) is 6.42 Å². The van der Waals surface area contributed by atoms with E-state index in [4.69, 9.17) is 5.73 Å². The second-order valence-electron chi connectivity index (χ2n) is 6.32. The highest BCUT2D eigenvalue weighted by Crippen LogP contribution is 2.38. The molecule has 0 saturated heterocycles. The first kappa shape index (κ1) is 18.9. The SMILES string of the molecule is NC(=O)c1sc2c(NC(=O)Cc3ccc4ccccc4c3)ncn2c1C(F)(F)F. The Bertz CT molecular complexity index is 1260. The maximum absolute atomic E-state index is 13.3. The number of thiazole rings is 1. The van der Waals surface area contributed by atoms with Gasteiger partial charge in [-0.25, -0.2) is 4.98 Å². The number of alkyl halides is 3. The van der Waals surface area contributed by atoms with Crippen molar-refractivity contribution in [3.63, 3.8) is 0 Å². The van der Waals surface area contributed by atoms with E-state index in [1.807, 2.05) is 42.5 Å². The molecule has 0 aliphatic rings. The molecule has 10 heteroatoms. The van der Waals surface area contributed by atoms with Gasteiger partial charge in [0.2, 0.25) is 5.91 Å². The van der Waals surface area contributed by atoms with Crippen LogP contribution in [0, 0.1) is 0 Å². The molecule has 4 aromatic rings. The van der Waals surface area contributed by atoms with Crippen molar-refractivity contribution in [3.8, 4) is 0 Å². The largest absolute Gasteiger partial charge is 0.433 e. The maximum atomic E-state index is 13.3. The van der Waals surface area contributed by atoms with E-state index in [-0.39, 0.29) is 17.1 Å². The van der Waals surface area contributed by atoms with Gasteiger partial charge in [0, 0.05) is 0 Å². The molecule has 4 rings (SSSR count). The first-order valence-electron chi connectivity index (χ1n) is 8.38. The molecule has 2 aromatic carbocycles. The molecule has 2 heterocycles. The number of carbonyl (C=O) groups excluding carboxylic acids is 2. The minimum absolute atomic E-state index is 0.0158. The molecule has 0 aliphatic heterocycles. The van der Waals surface area contributed by atoms with Gasteiger partial charge in [0.25, 0.3) is 5.91 Å². The summed E-state index contributed by atoms with van der Waals surface area (Å²) in [5, 5.41) is 4.52. The second kappa shape index (κ2) is 6.89. The van der Waals surface area contributed by atoms with Gasteiger partial charge in [-0.1, -0.05) is 42.5 Å². The van der Waals surface area contributed by atoms with Crippen molar-refractivity contribution in [3.05, 3.63) is 64.9 Å². The lowest BCUT2D eigenvalue weighted by atomic mass is 10.1. The van der Waals surface area contributed by atoms with Gasteiger partial charge in [0.15, 0.2) is 11.5 Å². The number of primary amides is 1. The van der Waals surface area contributed by atoms with Gasteiger partial charge >= 0.3 is 6.18 Å². The number of fused-ring (bicyclic) bond motifs is 2. The molecule has 2 aromatic heterocycles. The third-order valence-corrected chi connectivity index (χ3v) is 5.49. The zero-order valence-corrected chi connectivity index (χ0v) is 15.5. The number of benzene rings is 2. The van der Waals surface area contributed by atoms with E-state index < -0.39 is 28.6 Å². The third kappa shape index (κ3) is 3.54. The van der Waals surface area contributed by atoms with Crippen LogP contribution in [0.1, 0.15) is 20.9 Å². The standard InChI is InChI=1S/C19H13F3N4O2S/c20-19(21,22)15-14(16(23)28)29-18-17(24-9-26(15)18)25-13(27)8-10-5-6-11-3-1-2-4-12(11)7-10/h1-7,9H,8H2,(H2,23,28)(H,25,27). The predicted octanol–water partition coefficient (Wildman–Crippen LogP) is 3.85. The summed E-state index contributed by atoms with van der Waals surface area (Å²) < 4.78 is 40.7. The molecule has 0 bridgehead atoms. The lowest BCUT2D eigenvalue weighted by Crippen LogP contribution is -2.18. The number of nitrogens with zero attached hydrogens (tertiary/aromatic N) is 2. The molecule has 6 nitrogen and oxygen atoms in total. The van der Waals surface area contributed by atoms with E-state index in [1.54, 1.807) is 0 Å². The van der Waals surface area contributed by atoms with Crippen LogP contribution in [0.25, 0.3) is 15.6 Å². The topological polar surface area (TPSA) is 89.5 Å². The summed E-state index contributed by atoms with van der Waals surface area (Å²) in [4.78, 5) is 27.0. The monoisotopic (exact) mass is 418 g/mol. The number of nitrogens with two attached hydrogens (primary N) is 1. The maximum Gasteiger partial charge on any atom is 0.433 e. The number of hydrogen-bond donors (Lipinski definition) is 2. The van der Waals surface area contributed by atoms with Crippen LogP contribution in [0.15, 0.2) is 48.8 Å². The molecule has 3 N–H and O–H groups in total. The fourth-order valence-corrected chi connectivity index (χ4v) is 4.12. The summed E-state index contributed by atoms with van der Waals surface area (Å²) in [6.45, 7) is 0. The van der Waals surface area contributed by atoms with Crippen LogP contribution in [0.4, 0.5) is 19.0 Å². The average Bonchev–Trinajstić information content (AvgIpc) is 3.21. The Hall–Kier alpha value is -3.40. The molecule has 0 radical (unpaired) electrons. The number of aromatic nitrogens is 2. The van der Waals surface area contributed by atoms with Crippen LogP contribution in [-0.2, 0) is 17.4 Å². The van der Waals surface area contributed by atoms with Gasteiger partial charge in [-0.2, -0.15) is 13.2 Å². The molecular weight excluding hydrogens is 405 g/mol. The first-order chi connectivity index (χ1) is 13.7. The molecule has 0 aliphatic carbocycles. The van der Waals surface area contributed by atoms with Crippen molar-refractivity contribution in [2.24, 2.45) is 5.73 Å². The Kier molecular flexibility index (Phi) is 4.50. The molecule has 2 amide bonds. The van der Waals surface area contributed by atoms with Gasteiger partial charge in [0.1, 0.15) is 16.0 Å². The Morgan fingerprint density at radius 3 is 2.55 bits per heavy atom. The first-order valence-corrected chi connectivity index (χ1v) is 9.20. The van der Waals surface area contributed by atoms with Gasteiger partial charge in [-0.05, 0) is 16.3 Å². The summed E-state index contributed by atoms with van der Waals surface area (Å²) >= 11 is 0.534. The highest BCUT2D eigenvalue weighted by atomic mass is 32.1. The van der Waals surface area contributed by atoms with E-state index in [9.17, 15) is 22.8 Å². The number of nitrogens with one attached hydrogen (secondary N) is 1. The Morgan fingerprint density at radius 2 is 1.86 bits per heavy atom. The van der Waals surface area contributed by atoms with Crippen molar-refractivity contribution in [1.82, 2.24) is 9.38 Å². The number of halogens is 3. The average molecular weight is 418 g/mol. The number of anilines is 1. The van der Waals surface area contributed by atoms with Gasteiger partial charge in [-0.3, -0.25) is 14.0 Å². The fraction of sp³-hybridized carbons (Fsp3) is 0.105. The fourth-order valence-electron chi connectivity index (χ4n) is 3.08. The lowest BCUT2D eigenvalue weighted by Gasteiger charge is -2.06. The van der Waals surface area contributed by atoms with Crippen LogP contribution in [0.5, 0.6) is 0 Å². The number of carbonyl (C=O) groups is 2. The zero-order chi connectivity index (χ0) is 20.8. The van der Waals surface area contributed by atoms with E-state index in [0.29, 0.717) is 11.3 Å². The molecule has 0 unspecified atom stereocenters. The molecule has 0 saturated carbocycles. The summed E-state index contributed by atoms with van der Waals surface area (Å²) in [7, 11) is 0. The molecule has 0 fully saturated rings. The van der Waals surface area contributed by atoms with E-state index in [1.165, 1.54) is 0 Å². The van der Waals surface area contributed by atoms with Crippen molar-refractivity contribution in [2.45, 2.75) is 12.6 Å². The van der Waals surface area contributed by atoms with Crippen LogP contribution in [0.2, 0.25) is 0 Å². The molecule has 0 spiro atoms. The summed E-state index contributed by atoms with van der Waals surface area (Å²) in [5.41, 5.74) is 4.63. The second-order valence-corrected chi connectivity index (χ2v) is 7.32. The van der Waals surface area contributed by atoms with Crippen LogP contribution < -0.4 is 11.1 Å². The van der Waals surface area contributed by atoms with Gasteiger partial charge < -0.3 is 11.1 Å². The van der Waals surface area contributed by atoms with Crippen molar-refractivity contribution in [2.75, 3.05) is 5.32 Å².